The maximum absolute atomic E-state index is 12.2. The second-order valence-corrected chi connectivity index (χ2v) is 5.08. The zero-order valence-electron chi connectivity index (χ0n) is 12.3. The normalized spacial score (nSPS) is 14.8. The number of aromatic amines is 1. The Kier molecular flexibility index (Phi) is 2.97. The van der Waals surface area contributed by atoms with E-state index in [2.05, 4.69) is 26.0 Å². The molecule has 7 nitrogen and oxygen atoms in total. The van der Waals surface area contributed by atoms with Crippen LogP contribution in [-0.4, -0.2) is 28.4 Å². The fourth-order valence-corrected chi connectivity index (χ4v) is 2.58. The zero-order chi connectivity index (χ0) is 15.8. The minimum absolute atomic E-state index is 0.164. The van der Waals surface area contributed by atoms with Crippen LogP contribution in [0.15, 0.2) is 42.6 Å². The van der Waals surface area contributed by atoms with Crippen LogP contribution in [0.25, 0.3) is 16.6 Å². The number of methoxy groups -OCH3 is 1. The van der Waals surface area contributed by atoms with E-state index in [0.29, 0.717) is 5.57 Å². The largest absolute Gasteiger partial charge is 0.497 e. The number of carbonyl (C=O) groups is 1. The number of H-pyrrole nitrogens is 1. The molecule has 7 heteroatoms. The van der Waals surface area contributed by atoms with Crippen LogP contribution < -0.4 is 15.4 Å². The van der Waals surface area contributed by atoms with Crippen LogP contribution in [-0.2, 0) is 4.79 Å². The molecule has 1 aliphatic rings. The van der Waals surface area contributed by atoms with Crippen LogP contribution in [0.4, 0.5) is 11.4 Å². The zero-order valence-corrected chi connectivity index (χ0v) is 12.3. The molecule has 0 saturated heterocycles. The van der Waals surface area contributed by atoms with E-state index in [9.17, 15) is 4.79 Å². The molecule has 0 bridgehead atoms. The standard InChI is InChI=1S/C16H13N5O2/c1-23-10-4-2-9(3-5-10)17-8-11-14-12(18-16(11)22)6-7-13-15(14)20-21-19-13/h2-8,17H,1H3,(H,18,22)(H,19,20,21). The summed E-state index contributed by atoms with van der Waals surface area (Å²) in [5.41, 5.74) is 4.37. The van der Waals surface area contributed by atoms with Gasteiger partial charge >= 0.3 is 0 Å². The van der Waals surface area contributed by atoms with E-state index < -0.39 is 0 Å². The molecule has 114 valence electrons. The molecule has 3 aromatic rings. The molecular formula is C16H13N5O2. The number of hydrogen-bond acceptors (Lipinski definition) is 5. The molecule has 1 aromatic heterocycles. The summed E-state index contributed by atoms with van der Waals surface area (Å²) in [6, 6.07) is 11.1. The second-order valence-electron chi connectivity index (χ2n) is 5.08. The van der Waals surface area contributed by atoms with Crippen LogP contribution in [0.2, 0.25) is 0 Å². The Bertz CT molecular complexity index is 927. The minimum Gasteiger partial charge on any atom is -0.497 e. The first-order chi connectivity index (χ1) is 11.3. The quantitative estimate of drug-likeness (QED) is 0.646. The molecule has 1 amide bonds. The Labute approximate surface area is 131 Å². The molecule has 3 N–H and O–H groups in total. The lowest BCUT2D eigenvalue weighted by Gasteiger charge is -2.04. The Morgan fingerprint density at radius 2 is 2.00 bits per heavy atom. The third-order valence-corrected chi connectivity index (χ3v) is 3.74. The van der Waals surface area contributed by atoms with Crippen LogP contribution >= 0.6 is 0 Å². The number of fused-ring (bicyclic) bond motifs is 3. The fourth-order valence-electron chi connectivity index (χ4n) is 2.58. The summed E-state index contributed by atoms with van der Waals surface area (Å²) in [4.78, 5) is 12.2. The van der Waals surface area contributed by atoms with Crippen molar-refractivity contribution < 1.29 is 9.53 Å². The second kappa shape index (κ2) is 5.13. The van der Waals surface area contributed by atoms with E-state index in [1.807, 2.05) is 36.4 Å². The first-order valence-electron chi connectivity index (χ1n) is 7.02. The summed E-state index contributed by atoms with van der Waals surface area (Å²) >= 11 is 0. The van der Waals surface area contributed by atoms with E-state index >= 15 is 0 Å². The van der Waals surface area contributed by atoms with Crippen molar-refractivity contribution in [1.82, 2.24) is 15.4 Å². The van der Waals surface area contributed by atoms with Gasteiger partial charge in [-0.2, -0.15) is 0 Å². The molecule has 2 heterocycles. The number of rotatable bonds is 3. The van der Waals surface area contributed by atoms with E-state index in [1.54, 1.807) is 13.3 Å². The predicted octanol–water partition coefficient (Wildman–Crippen LogP) is 2.37. The topological polar surface area (TPSA) is 91.9 Å². The highest BCUT2D eigenvalue weighted by atomic mass is 16.5. The summed E-state index contributed by atoms with van der Waals surface area (Å²) < 4.78 is 5.12. The lowest BCUT2D eigenvalue weighted by atomic mass is 10.1. The van der Waals surface area contributed by atoms with Gasteiger partial charge in [-0.25, -0.2) is 0 Å². The molecule has 0 unspecified atom stereocenters. The Hall–Kier alpha value is -3.35. The molecule has 0 aliphatic carbocycles. The van der Waals surface area contributed by atoms with Crippen molar-refractivity contribution in [2.45, 2.75) is 0 Å². The van der Waals surface area contributed by atoms with Crippen LogP contribution in [0, 0.1) is 0 Å². The number of nitrogens with zero attached hydrogens (tertiary/aromatic N) is 2. The maximum atomic E-state index is 12.2. The molecular weight excluding hydrogens is 294 g/mol. The van der Waals surface area contributed by atoms with Crippen LogP contribution in [0.5, 0.6) is 5.75 Å². The fraction of sp³-hybridized carbons (Fsp3) is 0.0625. The first kappa shape index (κ1) is 13.3. The van der Waals surface area contributed by atoms with Gasteiger partial charge in [0.15, 0.2) is 0 Å². The molecule has 1 aliphatic heterocycles. The van der Waals surface area contributed by atoms with Gasteiger partial charge in [0.05, 0.1) is 23.9 Å². The highest BCUT2D eigenvalue weighted by molar-refractivity contribution is 6.34. The monoisotopic (exact) mass is 307 g/mol. The van der Waals surface area contributed by atoms with Crippen molar-refractivity contribution >= 4 is 33.9 Å². The van der Waals surface area contributed by atoms with E-state index in [4.69, 9.17) is 4.74 Å². The lowest BCUT2D eigenvalue weighted by molar-refractivity contribution is -0.110. The Morgan fingerprint density at radius 3 is 2.78 bits per heavy atom. The highest BCUT2D eigenvalue weighted by Crippen LogP contribution is 2.36. The van der Waals surface area contributed by atoms with Crippen molar-refractivity contribution in [3.05, 3.63) is 48.2 Å². The number of hydrogen-bond donors (Lipinski definition) is 3. The van der Waals surface area contributed by atoms with E-state index in [0.717, 1.165) is 33.7 Å². The number of ether oxygens (including phenoxy) is 1. The van der Waals surface area contributed by atoms with Gasteiger partial charge in [0.1, 0.15) is 11.3 Å². The van der Waals surface area contributed by atoms with Gasteiger partial charge in [0.25, 0.3) is 5.91 Å². The highest BCUT2D eigenvalue weighted by Gasteiger charge is 2.27. The van der Waals surface area contributed by atoms with Crippen molar-refractivity contribution in [3.8, 4) is 5.75 Å². The molecule has 2 aromatic carbocycles. The van der Waals surface area contributed by atoms with Crippen molar-refractivity contribution in [2.75, 3.05) is 17.7 Å². The van der Waals surface area contributed by atoms with Crippen molar-refractivity contribution in [3.63, 3.8) is 0 Å². The summed E-state index contributed by atoms with van der Waals surface area (Å²) in [6.07, 6.45) is 1.68. The van der Waals surface area contributed by atoms with Gasteiger partial charge in [-0.3, -0.25) is 9.89 Å². The number of benzene rings is 2. The minimum atomic E-state index is -0.164. The van der Waals surface area contributed by atoms with Gasteiger partial charge in [-0.05, 0) is 36.4 Å². The summed E-state index contributed by atoms with van der Waals surface area (Å²) in [5, 5.41) is 16.6. The number of anilines is 2. The predicted molar refractivity (Wildman–Crippen MR) is 87.1 cm³/mol. The number of amides is 1. The summed E-state index contributed by atoms with van der Waals surface area (Å²) in [6.45, 7) is 0. The molecule has 23 heavy (non-hydrogen) atoms. The third kappa shape index (κ3) is 2.18. The average Bonchev–Trinajstić information content (AvgIpc) is 3.16. The molecule has 0 atom stereocenters. The first-order valence-corrected chi connectivity index (χ1v) is 7.02. The maximum Gasteiger partial charge on any atom is 0.257 e. The molecule has 0 saturated carbocycles. The van der Waals surface area contributed by atoms with Gasteiger partial charge in [-0.15, -0.1) is 5.10 Å². The summed E-state index contributed by atoms with van der Waals surface area (Å²) in [5.74, 6) is 0.612. The van der Waals surface area contributed by atoms with Gasteiger partial charge in [0, 0.05) is 17.5 Å². The number of aromatic nitrogens is 3. The SMILES string of the molecule is COc1ccc(NC=C2C(=O)Nc3ccc4nn[nH]c4c32)cc1. The number of carbonyl (C=O) groups excluding carboxylic acids is 1. The molecule has 0 radical (unpaired) electrons. The molecule has 0 spiro atoms. The average molecular weight is 307 g/mol. The summed E-state index contributed by atoms with van der Waals surface area (Å²) in [7, 11) is 1.62. The van der Waals surface area contributed by atoms with E-state index in [1.165, 1.54) is 0 Å². The van der Waals surface area contributed by atoms with Gasteiger partial charge in [0.2, 0.25) is 0 Å². The Balaban J connectivity index is 1.71. The third-order valence-electron chi connectivity index (χ3n) is 3.74. The van der Waals surface area contributed by atoms with E-state index in [-0.39, 0.29) is 5.91 Å². The lowest BCUT2D eigenvalue weighted by Crippen LogP contribution is -2.05. The smallest absolute Gasteiger partial charge is 0.257 e. The number of nitrogens with one attached hydrogen (secondary N) is 3. The Morgan fingerprint density at radius 1 is 1.17 bits per heavy atom. The van der Waals surface area contributed by atoms with Crippen LogP contribution in [0.3, 0.4) is 0 Å². The van der Waals surface area contributed by atoms with Gasteiger partial charge in [-0.1, -0.05) is 5.21 Å². The van der Waals surface area contributed by atoms with Gasteiger partial charge < -0.3 is 15.4 Å². The van der Waals surface area contributed by atoms with Crippen molar-refractivity contribution in [1.29, 1.82) is 0 Å². The van der Waals surface area contributed by atoms with Crippen molar-refractivity contribution in [2.24, 2.45) is 0 Å². The molecule has 0 fully saturated rings. The van der Waals surface area contributed by atoms with Crippen LogP contribution in [0.1, 0.15) is 5.56 Å². The molecule has 4 rings (SSSR count).